The number of hydrogen-bond acceptors (Lipinski definition) is 3. The van der Waals surface area contributed by atoms with Crippen LogP contribution in [0.2, 0.25) is 0 Å². The molecule has 0 aliphatic rings. The van der Waals surface area contributed by atoms with Crippen LogP contribution in [0.3, 0.4) is 0 Å². The first kappa shape index (κ1) is 14.4. The number of imidazole rings is 1. The Bertz CT molecular complexity index is 792. The maximum atomic E-state index is 5.98. The summed E-state index contributed by atoms with van der Waals surface area (Å²) < 4.78 is 8.00. The van der Waals surface area contributed by atoms with Crippen molar-refractivity contribution in [1.82, 2.24) is 9.55 Å². The largest absolute Gasteiger partial charge is 0.494 e. The summed E-state index contributed by atoms with van der Waals surface area (Å²) in [6, 6.07) is 14.1. The molecule has 3 rings (SSSR count). The second kappa shape index (κ2) is 6.10. The van der Waals surface area contributed by atoms with Gasteiger partial charge in [-0.3, -0.25) is 0 Å². The normalized spacial score (nSPS) is 11.0. The predicted molar refractivity (Wildman–Crippen MR) is 90.2 cm³/mol. The maximum absolute atomic E-state index is 5.98. The Kier molecular flexibility index (Phi) is 4.00. The molecular formula is C18H21N3O. The van der Waals surface area contributed by atoms with Crippen molar-refractivity contribution in [1.29, 1.82) is 0 Å². The van der Waals surface area contributed by atoms with E-state index in [0.29, 0.717) is 6.61 Å². The van der Waals surface area contributed by atoms with E-state index >= 15 is 0 Å². The third kappa shape index (κ3) is 2.91. The lowest BCUT2D eigenvalue weighted by Crippen LogP contribution is -2.06. The van der Waals surface area contributed by atoms with E-state index in [4.69, 9.17) is 10.5 Å². The van der Waals surface area contributed by atoms with Crippen LogP contribution in [0.15, 0.2) is 42.5 Å². The van der Waals surface area contributed by atoms with Crippen LogP contribution < -0.4 is 10.5 Å². The van der Waals surface area contributed by atoms with Gasteiger partial charge in [0.25, 0.3) is 0 Å². The summed E-state index contributed by atoms with van der Waals surface area (Å²) in [5, 5.41) is 0. The number of ether oxygens (including phenoxy) is 1. The molecule has 0 bridgehead atoms. The Morgan fingerprint density at radius 2 is 1.95 bits per heavy atom. The number of rotatable bonds is 5. The van der Waals surface area contributed by atoms with Gasteiger partial charge in [-0.05, 0) is 50.1 Å². The van der Waals surface area contributed by atoms with Gasteiger partial charge in [0.2, 0.25) is 0 Å². The molecular weight excluding hydrogens is 274 g/mol. The van der Waals surface area contributed by atoms with Crippen molar-refractivity contribution >= 4 is 16.7 Å². The summed E-state index contributed by atoms with van der Waals surface area (Å²) in [6.07, 6.45) is 0.926. The average Bonchev–Trinajstić information content (AvgIpc) is 2.81. The van der Waals surface area contributed by atoms with Crippen molar-refractivity contribution in [3.63, 3.8) is 0 Å². The van der Waals surface area contributed by atoms with Gasteiger partial charge in [0.15, 0.2) is 0 Å². The molecule has 0 unspecified atom stereocenters. The number of nitrogens with zero attached hydrogens (tertiary/aromatic N) is 2. The van der Waals surface area contributed by atoms with Gasteiger partial charge >= 0.3 is 0 Å². The van der Waals surface area contributed by atoms with Gasteiger partial charge < -0.3 is 15.0 Å². The molecule has 2 aromatic carbocycles. The fourth-order valence-corrected chi connectivity index (χ4v) is 2.68. The van der Waals surface area contributed by atoms with Crippen molar-refractivity contribution in [2.75, 3.05) is 12.3 Å². The molecule has 1 aromatic heterocycles. The Balaban J connectivity index is 1.65. The quantitative estimate of drug-likeness (QED) is 0.577. The van der Waals surface area contributed by atoms with E-state index in [1.54, 1.807) is 0 Å². The molecule has 0 amide bonds. The van der Waals surface area contributed by atoms with Crippen molar-refractivity contribution in [2.45, 2.75) is 26.8 Å². The topological polar surface area (TPSA) is 53.1 Å². The Hall–Kier alpha value is -2.49. The molecule has 2 N–H and O–H groups in total. The highest BCUT2D eigenvalue weighted by Gasteiger charge is 2.08. The summed E-state index contributed by atoms with van der Waals surface area (Å²) in [7, 11) is 0. The van der Waals surface area contributed by atoms with E-state index in [2.05, 4.69) is 34.7 Å². The van der Waals surface area contributed by atoms with Gasteiger partial charge in [0.05, 0.1) is 17.8 Å². The number of aryl methyl sites for hydroxylation is 3. The minimum absolute atomic E-state index is 0.685. The molecule has 4 heteroatoms. The van der Waals surface area contributed by atoms with Gasteiger partial charge in [-0.1, -0.05) is 18.2 Å². The number of fused-ring (bicyclic) bond motifs is 1. The molecule has 0 saturated heterocycles. The lowest BCUT2D eigenvalue weighted by Gasteiger charge is -2.09. The van der Waals surface area contributed by atoms with E-state index < -0.39 is 0 Å². The van der Waals surface area contributed by atoms with Crippen LogP contribution in [-0.4, -0.2) is 16.2 Å². The number of benzene rings is 2. The SMILES string of the molecule is Cc1cccc(OCCCn2c(C)nc3c(N)cccc32)c1. The molecule has 1 heterocycles. The Morgan fingerprint density at radius 1 is 1.14 bits per heavy atom. The first-order chi connectivity index (χ1) is 10.6. The molecule has 0 fully saturated rings. The molecule has 22 heavy (non-hydrogen) atoms. The molecule has 0 spiro atoms. The van der Waals surface area contributed by atoms with Gasteiger partial charge in [-0.25, -0.2) is 4.98 Å². The van der Waals surface area contributed by atoms with Gasteiger partial charge in [0, 0.05) is 6.54 Å². The van der Waals surface area contributed by atoms with Crippen molar-refractivity contribution in [2.24, 2.45) is 0 Å². The van der Waals surface area contributed by atoms with E-state index in [-0.39, 0.29) is 0 Å². The van der Waals surface area contributed by atoms with Crippen LogP contribution in [0, 0.1) is 13.8 Å². The summed E-state index contributed by atoms with van der Waals surface area (Å²) >= 11 is 0. The molecule has 0 aliphatic carbocycles. The fraction of sp³-hybridized carbons (Fsp3) is 0.278. The predicted octanol–water partition coefficient (Wildman–Crippen LogP) is 3.70. The Morgan fingerprint density at radius 3 is 2.77 bits per heavy atom. The zero-order valence-electron chi connectivity index (χ0n) is 13.0. The van der Waals surface area contributed by atoms with Crippen LogP contribution in [0.4, 0.5) is 5.69 Å². The highest BCUT2D eigenvalue weighted by atomic mass is 16.5. The lowest BCUT2D eigenvalue weighted by molar-refractivity contribution is 0.302. The molecule has 0 radical (unpaired) electrons. The van der Waals surface area contributed by atoms with E-state index in [9.17, 15) is 0 Å². The molecule has 0 atom stereocenters. The molecule has 4 nitrogen and oxygen atoms in total. The zero-order valence-corrected chi connectivity index (χ0v) is 13.0. The number of nitrogen functional groups attached to an aromatic ring is 1. The van der Waals surface area contributed by atoms with Crippen LogP contribution in [0.5, 0.6) is 5.75 Å². The summed E-state index contributed by atoms with van der Waals surface area (Å²) in [5.41, 5.74) is 9.91. The summed E-state index contributed by atoms with van der Waals surface area (Å²) in [4.78, 5) is 4.56. The minimum atomic E-state index is 0.685. The van der Waals surface area contributed by atoms with Crippen molar-refractivity contribution < 1.29 is 4.74 Å². The third-order valence-corrected chi connectivity index (χ3v) is 3.79. The Labute approximate surface area is 130 Å². The van der Waals surface area contributed by atoms with Gasteiger partial charge in [-0.2, -0.15) is 0 Å². The number of anilines is 1. The standard InChI is InChI=1S/C18H21N3O/c1-13-6-3-7-15(12-13)22-11-5-10-21-14(2)20-18-16(19)8-4-9-17(18)21/h3-4,6-9,12H,5,10-11,19H2,1-2H3. The van der Waals surface area contributed by atoms with Gasteiger partial charge in [-0.15, -0.1) is 0 Å². The maximum Gasteiger partial charge on any atom is 0.119 e. The second-order valence-electron chi connectivity index (χ2n) is 5.54. The van der Waals surface area contributed by atoms with Crippen LogP contribution in [0.25, 0.3) is 11.0 Å². The average molecular weight is 295 g/mol. The van der Waals surface area contributed by atoms with Crippen molar-refractivity contribution in [3.8, 4) is 5.75 Å². The monoisotopic (exact) mass is 295 g/mol. The third-order valence-electron chi connectivity index (χ3n) is 3.79. The smallest absolute Gasteiger partial charge is 0.119 e. The highest BCUT2D eigenvalue weighted by Crippen LogP contribution is 2.21. The number of hydrogen-bond donors (Lipinski definition) is 1. The minimum Gasteiger partial charge on any atom is -0.494 e. The number of aromatic nitrogens is 2. The second-order valence-corrected chi connectivity index (χ2v) is 5.54. The zero-order chi connectivity index (χ0) is 15.5. The summed E-state index contributed by atoms with van der Waals surface area (Å²) in [6.45, 7) is 5.64. The highest BCUT2D eigenvalue weighted by molar-refractivity contribution is 5.87. The van der Waals surface area contributed by atoms with Crippen LogP contribution in [0.1, 0.15) is 17.8 Å². The number of nitrogens with two attached hydrogens (primary N) is 1. The van der Waals surface area contributed by atoms with Crippen molar-refractivity contribution in [3.05, 3.63) is 53.9 Å². The van der Waals surface area contributed by atoms with Gasteiger partial charge in [0.1, 0.15) is 17.1 Å². The van der Waals surface area contributed by atoms with E-state index in [1.165, 1.54) is 5.56 Å². The molecule has 114 valence electrons. The molecule has 0 aliphatic heterocycles. The first-order valence-corrected chi connectivity index (χ1v) is 7.56. The molecule has 0 saturated carbocycles. The van der Waals surface area contributed by atoms with Crippen LogP contribution in [-0.2, 0) is 6.54 Å². The number of para-hydroxylation sites is 1. The van der Waals surface area contributed by atoms with Crippen LogP contribution >= 0.6 is 0 Å². The van der Waals surface area contributed by atoms with E-state index in [1.807, 2.05) is 31.2 Å². The van der Waals surface area contributed by atoms with E-state index in [0.717, 1.165) is 41.3 Å². The fourth-order valence-electron chi connectivity index (χ4n) is 2.68. The summed E-state index contributed by atoms with van der Waals surface area (Å²) in [5.74, 6) is 1.92. The lowest BCUT2D eigenvalue weighted by atomic mass is 10.2. The molecule has 3 aromatic rings. The first-order valence-electron chi connectivity index (χ1n) is 7.56.